The minimum Gasteiger partial charge on any atom is -0.354 e. The van der Waals surface area contributed by atoms with Crippen LogP contribution in [-0.4, -0.2) is 47.3 Å². The molecule has 0 aromatic heterocycles. The summed E-state index contributed by atoms with van der Waals surface area (Å²) in [5.41, 5.74) is 5.07. The zero-order valence-corrected chi connectivity index (χ0v) is 23.3. The van der Waals surface area contributed by atoms with Gasteiger partial charge in [-0.1, -0.05) is 42.8 Å². The number of nitrogens with one attached hydrogen (secondary N) is 4. The van der Waals surface area contributed by atoms with Gasteiger partial charge < -0.3 is 20.9 Å². The number of hydrogen-bond donors (Lipinski definition) is 4. The van der Waals surface area contributed by atoms with E-state index in [0.717, 1.165) is 31.6 Å². The fourth-order valence-electron chi connectivity index (χ4n) is 5.56. The summed E-state index contributed by atoms with van der Waals surface area (Å²) < 4.78 is 0. The van der Waals surface area contributed by atoms with Gasteiger partial charge in [-0.15, -0.1) is 0 Å². The van der Waals surface area contributed by atoms with Gasteiger partial charge in [0.1, 0.15) is 5.70 Å². The van der Waals surface area contributed by atoms with E-state index in [2.05, 4.69) is 38.3 Å². The second-order valence-electron chi connectivity index (χ2n) is 10.8. The smallest absolute Gasteiger partial charge is 0.326 e. The van der Waals surface area contributed by atoms with Crippen molar-refractivity contribution in [3.63, 3.8) is 0 Å². The van der Waals surface area contributed by atoms with E-state index in [0.29, 0.717) is 33.8 Å². The molecule has 11 nitrogen and oxygen atoms in total. The van der Waals surface area contributed by atoms with E-state index in [1.165, 1.54) is 37.0 Å². The third-order valence-electron chi connectivity index (χ3n) is 7.83. The topological polar surface area (TPSA) is 146 Å². The van der Waals surface area contributed by atoms with Gasteiger partial charge in [0.05, 0.1) is 16.2 Å². The van der Waals surface area contributed by atoms with Crippen molar-refractivity contribution < 1.29 is 19.3 Å². The number of benzene rings is 3. The second-order valence-corrected chi connectivity index (χ2v) is 10.8. The number of amides is 4. The Bertz CT molecular complexity index is 1670. The zero-order valence-electron chi connectivity index (χ0n) is 23.3. The number of non-ortho nitro benzene ring substituents is 1. The predicted molar refractivity (Wildman–Crippen MR) is 164 cm³/mol. The van der Waals surface area contributed by atoms with Crippen molar-refractivity contribution in [2.24, 2.45) is 0 Å². The Kier molecular flexibility index (Phi) is 7.71. The number of imide groups is 1. The van der Waals surface area contributed by atoms with Gasteiger partial charge in [0.15, 0.2) is 0 Å². The van der Waals surface area contributed by atoms with Crippen molar-refractivity contribution in [3.05, 3.63) is 105 Å². The first-order valence-electron chi connectivity index (χ1n) is 14.2. The van der Waals surface area contributed by atoms with E-state index in [9.17, 15) is 24.5 Å². The van der Waals surface area contributed by atoms with E-state index in [1.54, 1.807) is 36.4 Å². The van der Waals surface area contributed by atoms with Crippen LogP contribution in [0.3, 0.4) is 0 Å². The molecule has 2 fully saturated rings. The number of carbonyl (C=O) groups excluding carboxylic acids is 3. The Labute approximate surface area is 247 Å². The molecule has 0 atom stereocenters. The largest absolute Gasteiger partial charge is 0.354 e. The average Bonchev–Trinajstić information content (AvgIpc) is 3.51. The highest BCUT2D eigenvalue weighted by atomic mass is 16.6. The van der Waals surface area contributed by atoms with Crippen LogP contribution < -0.4 is 21.3 Å². The fraction of sp³-hybridized carbons (Fsp3) is 0.219. The third kappa shape index (κ3) is 6.16. The molecule has 0 bridgehead atoms. The molecule has 43 heavy (non-hydrogen) atoms. The number of carbonyl (C=O) groups is 3. The molecular weight excluding hydrogens is 548 g/mol. The van der Waals surface area contributed by atoms with Crippen molar-refractivity contribution in [1.82, 2.24) is 15.5 Å². The number of nitrogens with zero attached hydrogens (tertiary/aromatic N) is 2. The second kappa shape index (κ2) is 11.9. The van der Waals surface area contributed by atoms with Crippen LogP contribution in [0.1, 0.15) is 41.5 Å². The van der Waals surface area contributed by atoms with Crippen molar-refractivity contribution in [3.8, 4) is 0 Å². The fourth-order valence-corrected chi connectivity index (χ4v) is 5.56. The maximum atomic E-state index is 13.3. The summed E-state index contributed by atoms with van der Waals surface area (Å²) >= 11 is 0. The van der Waals surface area contributed by atoms with Gasteiger partial charge in [-0.2, -0.15) is 0 Å². The van der Waals surface area contributed by atoms with Crippen LogP contribution in [0.25, 0.3) is 17.3 Å². The van der Waals surface area contributed by atoms with Gasteiger partial charge in [-0.3, -0.25) is 25.0 Å². The molecule has 4 amide bonds. The van der Waals surface area contributed by atoms with Crippen molar-refractivity contribution in [2.75, 3.05) is 30.3 Å². The summed E-state index contributed by atoms with van der Waals surface area (Å²) in [5, 5.41) is 22.4. The summed E-state index contributed by atoms with van der Waals surface area (Å²) in [7, 11) is 0. The van der Waals surface area contributed by atoms with Gasteiger partial charge >= 0.3 is 6.03 Å². The number of nitro benzene ring substituents is 1. The third-order valence-corrected chi connectivity index (χ3v) is 7.83. The molecule has 0 spiro atoms. The number of hydrogen-bond acceptors (Lipinski definition) is 7. The molecule has 11 heteroatoms. The first kappa shape index (κ1) is 27.9. The monoisotopic (exact) mass is 578 g/mol. The van der Waals surface area contributed by atoms with Crippen LogP contribution in [0.2, 0.25) is 0 Å². The predicted octanol–water partition coefficient (Wildman–Crippen LogP) is 4.74. The van der Waals surface area contributed by atoms with E-state index in [1.807, 2.05) is 12.1 Å². The highest BCUT2D eigenvalue weighted by Crippen LogP contribution is 2.39. The van der Waals surface area contributed by atoms with Gasteiger partial charge in [0.2, 0.25) is 0 Å². The van der Waals surface area contributed by atoms with E-state index in [-0.39, 0.29) is 17.3 Å². The van der Waals surface area contributed by atoms with E-state index in [4.69, 9.17) is 0 Å². The molecule has 0 aliphatic carbocycles. The molecule has 0 radical (unpaired) electrons. The minimum atomic E-state index is -0.571. The molecule has 3 aromatic carbocycles. The van der Waals surface area contributed by atoms with Crippen LogP contribution in [-0.2, 0) is 16.0 Å². The molecule has 218 valence electrons. The molecule has 3 aromatic rings. The summed E-state index contributed by atoms with van der Waals surface area (Å²) in [6.07, 6.45) is 6.27. The normalized spacial score (nSPS) is 18.6. The SMILES string of the molecule is O=C1NC(=O)C(=Cc2ccc(NC(=C3C(=O)Nc4ccc([N+](=O)[O-])cc43)c3ccc(CCN4CCCCC4)cc3)cc2)N1. The lowest BCUT2D eigenvalue weighted by Crippen LogP contribution is -2.31. The summed E-state index contributed by atoms with van der Waals surface area (Å²) in [6, 6.07) is 18.9. The van der Waals surface area contributed by atoms with Crippen molar-refractivity contribution >= 4 is 52.3 Å². The number of piperidine rings is 1. The van der Waals surface area contributed by atoms with Crippen LogP contribution in [0.15, 0.2) is 72.4 Å². The average molecular weight is 579 g/mol. The number of nitro groups is 1. The van der Waals surface area contributed by atoms with Gasteiger partial charge in [-0.25, -0.2) is 4.79 Å². The first-order chi connectivity index (χ1) is 20.8. The number of fused-ring (bicyclic) bond motifs is 1. The maximum absolute atomic E-state index is 13.3. The molecule has 0 saturated carbocycles. The molecule has 0 unspecified atom stereocenters. The number of rotatable bonds is 8. The Morgan fingerprint density at radius 2 is 1.63 bits per heavy atom. The van der Waals surface area contributed by atoms with Crippen LogP contribution in [0.4, 0.5) is 21.9 Å². The van der Waals surface area contributed by atoms with Crippen molar-refractivity contribution in [2.45, 2.75) is 25.7 Å². The minimum absolute atomic E-state index is 0.111. The molecular formula is C32H30N6O5. The molecule has 3 aliphatic rings. The lowest BCUT2D eigenvalue weighted by atomic mass is 9.98. The molecule has 6 rings (SSSR count). The Balaban J connectivity index is 1.32. The number of likely N-dealkylation sites (tertiary alicyclic amines) is 1. The van der Waals surface area contributed by atoms with Crippen LogP contribution in [0, 0.1) is 10.1 Å². The highest BCUT2D eigenvalue weighted by molar-refractivity contribution is 6.37. The zero-order chi connectivity index (χ0) is 29.9. The van der Waals surface area contributed by atoms with Crippen molar-refractivity contribution in [1.29, 1.82) is 0 Å². The summed E-state index contributed by atoms with van der Waals surface area (Å²) in [4.78, 5) is 50.2. The van der Waals surface area contributed by atoms with E-state index >= 15 is 0 Å². The quantitative estimate of drug-likeness (QED) is 0.131. The lowest BCUT2D eigenvalue weighted by Gasteiger charge is -2.26. The standard InChI is InChI=1S/C32H30N6O5/c39-30-27(35-32(41)36-30)18-21-6-10-23(11-7-21)33-29(28-25-19-24(38(42)43)12-13-26(25)34-31(28)40)22-8-4-20(5-9-22)14-17-37-15-2-1-3-16-37/h4-13,18-19,33H,1-3,14-17H2,(H,34,40)(H2,35,36,39,41). The summed E-state index contributed by atoms with van der Waals surface area (Å²) in [6.45, 7) is 3.27. The number of anilines is 2. The Morgan fingerprint density at radius 3 is 2.30 bits per heavy atom. The van der Waals surface area contributed by atoms with Crippen LogP contribution in [0.5, 0.6) is 0 Å². The summed E-state index contributed by atoms with van der Waals surface area (Å²) in [5.74, 6) is -0.866. The van der Waals surface area contributed by atoms with Gasteiger partial charge in [-0.05, 0) is 73.3 Å². The lowest BCUT2D eigenvalue weighted by molar-refractivity contribution is -0.384. The molecule has 3 aliphatic heterocycles. The van der Waals surface area contributed by atoms with Crippen LogP contribution >= 0.6 is 0 Å². The first-order valence-corrected chi connectivity index (χ1v) is 14.2. The van der Waals surface area contributed by atoms with Gasteiger partial charge in [0, 0.05) is 35.6 Å². The highest BCUT2D eigenvalue weighted by Gasteiger charge is 2.30. The molecule has 2 saturated heterocycles. The molecule has 4 N–H and O–H groups in total. The van der Waals surface area contributed by atoms with E-state index < -0.39 is 16.9 Å². The Hall–Kier alpha value is -5.29. The molecule has 3 heterocycles. The van der Waals surface area contributed by atoms with Gasteiger partial charge in [0.25, 0.3) is 17.5 Å². The number of urea groups is 1. The Morgan fingerprint density at radius 1 is 0.884 bits per heavy atom. The maximum Gasteiger partial charge on any atom is 0.326 e.